The van der Waals surface area contributed by atoms with Crippen molar-refractivity contribution in [3.8, 4) is 0 Å². The largest absolute Gasteiger partial charge is 0.369 e. The Morgan fingerprint density at radius 2 is 2.15 bits per heavy atom. The molecular formula is C16H26BrNOS. The smallest absolute Gasteiger partial charge is 0.0701 e. The summed E-state index contributed by atoms with van der Waals surface area (Å²) in [4.78, 5) is 0. The molecule has 1 fully saturated rings. The molecule has 114 valence electrons. The number of nitrogens with one attached hydrogen (secondary N) is 1. The van der Waals surface area contributed by atoms with Crippen LogP contribution in [0.4, 0.5) is 0 Å². The van der Waals surface area contributed by atoms with E-state index >= 15 is 0 Å². The molecule has 1 saturated heterocycles. The van der Waals surface area contributed by atoms with Crippen LogP contribution in [0.5, 0.6) is 0 Å². The second kappa shape index (κ2) is 6.07. The average molecular weight is 360 g/mol. The fourth-order valence-electron chi connectivity index (χ4n) is 3.40. The van der Waals surface area contributed by atoms with Gasteiger partial charge in [0.05, 0.1) is 15.0 Å². The zero-order chi connectivity index (χ0) is 15.0. The van der Waals surface area contributed by atoms with E-state index in [-0.39, 0.29) is 11.2 Å². The molecule has 0 aromatic carbocycles. The molecule has 1 N–H and O–H groups in total. The van der Waals surface area contributed by atoms with Crippen molar-refractivity contribution in [3.63, 3.8) is 0 Å². The molecule has 1 aliphatic rings. The quantitative estimate of drug-likeness (QED) is 0.785. The van der Waals surface area contributed by atoms with E-state index in [0.717, 1.165) is 19.4 Å². The zero-order valence-electron chi connectivity index (χ0n) is 13.1. The first kappa shape index (κ1) is 16.5. The maximum atomic E-state index is 6.29. The number of halogens is 1. The second-order valence-corrected chi connectivity index (χ2v) is 9.18. The Morgan fingerprint density at radius 1 is 1.45 bits per heavy atom. The van der Waals surface area contributed by atoms with Crippen LogP contribution in [0.25, 0.3) is 0 Å². The summed E-state index contributed by atoms with van der Waals surface area (Å²) in [6.45, 7) is 12.1. The van der Waals surface area contributed by atoms with E-state index in [0.29, 0.717) is 12.0 Å². The molecule has 0 saturated carbocycles. The van der Waals surface area contributed by atoms with Gasteiger partial charge in [0.25, 0.3) is 0 Å². The minimum Gasteiger partial charge on any atom is -0.369 e. The first-order valence-corrected chi connectivity index (χ1v) is 9.10. The summed E-state index contributed by atoms with van der Waals surface area (Å²) in [5.41, 5.74) is 1.26. The van der Waals surface area contributed by atoms with Crippen molar-refractivity contribution in [1.29, 1.82) is 0 Å². The summed E-state index contributed by atoms with van der Waals surface area (Å²) in [5.74, 6) is 0.491. The number of rotatable bonds is 5. The predicted octanol–water partition coefficient (Wildman–Crippen LogP) is 5.15. The number of thiophene rings is 1. The van der Waals surface area contributed by atoms with Crippen LogP contribution in [-0.2, 0) is 4.74 Å². The standard InChI is InChI=1S/C16H26BrNOS/c1-6-7-18-14(11-8-13(17)20-10-11)12-9-15(2,3)19-16(12,4)5/h8,10,12,14,18H,6-7,9H2,1-5H3. The third-order valence-corrected chi connectivity index (χ3v) is 5.63. The van der Waals surface area contributed by atoms with Crippen LogP contribution in [-0.4, -0.2) is 17.7 Å². The molecular weight excluding hydrogens is 334 g/mol. The summed E-state index contributed by atoms with van der Waals surface area (Å²) in [7, 11) is 0. The normalized spacial score (nSPS) is 25.8. The molecule has 0 aliphatic carbocycles. The number of ether oxygens (including phenoxy) is 1. The van der Waals surface area contributed by atoms with Crippen LogP contribution in [0.3, 0.4) is 0 Å². The van der Waals surface area contributed by atoms with Crippen molar-refractivity contribution >= 4 is 27.3 Å². The fraction of sp³-hybridized carbons (Fsp3) is 0.750. The Bertz CT molecular complexity index is 455. The van der Waals surface area contributed by atoms with Gasteiger partial charge in [0.15, 0.2) is 0 Å². The highest BCUT2D eigenvalue weighted by atomic mass is 79.9. The molecule has 2 nitrogen and oxygen atoms in total. The van der Waals surface area contributed by atoms with Crippen molar-refractivity contribution in [3.05, 3.63) is 20.8 Å². The summed E-state index contributed by atoms with van der Waals surface area (Å²) in [5, 5.41) is 6.00. The highest BCUT2D eigenvalue weighted by Crippen LogP contribution is 2.48. The monoisotopic (exact) mass is 359 g/mol. The van der Waals surface area contributed by atoms with E-state index in [1.165, 1.54) is 9.35 Å². The van der Waals surface area contributed by atoms with E-state index < -0.39 is 0 Å². The third-order valence-electron chi connectivity index (χ3n) is 4.11. The number of hydrogen-bond donors (Lipinski definition) is 1. The lowest BCUT2D eigenvalue weighted by Gasteiger charge is -2.33. The molecule has 0 bridgehead atoms. The van der Waals surface area contributed by atoms with Gasteiger partial charge in [-0.15, -0.1) is 11.3 Å². The zero-order valence-corrected chi connectivity index (χ0v) is 15.5. The van der Waals surface area contributed by atoms with Crippen molar-refractivity contribution < 1.29 is 4.74 Å². The highest BCUT2D eigenvalue weighted by molar-refractivity contribution is 9.11. The molecule has 0 spiro atoms. The SMILES string of the molecule is CCCNC(c1csc(Br)c1)C1CC(C)(C)OC1(C)C. The van der Waals surface area contributed by atoms with E-state index in [1.54, 1.807) is 11.3 Å². The molecule has 2 unspecified atom stereocenters. The van der Waals surface area contributed by atoms with Gasteiger partial charge in [0.2, 0.25) is 0 Å². The van der Waals surface area contributed by atoms with Gasteiger partial charge in [-0.1, -0.05) is 6.92 Å². The minimum atomic E-state index is -0.0939. The predicted molar refractivity (Wildman–Crippen MR) is 90.4 cm³/mol. The first-order valence-electron chi connectivity index (χ1n) is 7.42. The third kappa shape index (κ3) is 3.65. The summed E-state index contributed by atoms with van der Waals surface area (Å²) >= 11 is 5.35. The molecule has 1 aromatic rings. The lowest BCUT2D eigenvalue weighted by molar-refractivity contribution is -0.0778. The van der Waals surface area contributed by atoms with E-state index in [2.05, 4.69) is 67.3 Å². The summed E-state index contributed by atoms with van der Waals surface area (Å²) in [6, 6.07) is 2.62. The Hall–Kier alpha value is 0.1000. The summed E-state index contributed by atoms with van der Waals surface area (Å²) in [6.07, 6.45) is 2.24. The molecule has 2 heterocycles. The molecule has 4 heteroatoms. The Labute approximate surface area is 135 Å². The van der Waals surface area contributed by atoms with Crippen LogP contribution in [0, 0.1) is 5.92 Å². The molecule has 0 amide bonds. The van der Waals surface area contributed by atoms with Gasteiger partial charge in [-0.3, -0.25) is 0 Å². The van der Waals surface area contributed by atoms with Crippen molar-refractivity contribution in [2.75, 3.05) is 6.54 Å². The Morgan fingerprint density at radius 3 is 2.60 bits per heavy atom. The molecule has 2 atom stereocenters. The van der Waals surface area contributed by atoms with Crippen LogP contribution in [0.2, 0.25) is 0 Å². The van der Waals surface area contributed by atoms with Gasteiger partial charge in [0, 0.05) is 12.0 Å². The van der Waals surface area contributed by atoms with Crippen LogP contribution in [0.1, 0.15) is 59.1 Å². The Balaban J connectivity index is 2.27. The van der Waals surface area contributed by atoms with Crippen LogP contribution >= 0.6 is 27.3 Å². The minimum absolute atomic E-state index is 0.0342. The van der Waals surface area contributed by atoms with Gasteiger partial charge in [-0.25, -0.2) is 0 Å². The van der Waals surface area contributed by atoms with Gasteiger partial charge in [-0.05, 0) is 80.0 Å². The average Bonchev–Trinajstić information content (AvgIpc) is 2.81. The van der Waals surface area contributed by atoms with Crippen molar-refractivity contribution in [1.82, 2.24) is 5.32 Å². The van der Waals surface area contributed by atoms with Crippen molar-refractivity contribution in [2.24, 2.45) is 5.92 Å². The Kier molecular flexibility index (Phi) is 5.00. The highest BCUT2D eigenvalue weighted by Gasteiger charge is 2.49. The first-order chi connectivity index (χ1) is 9.25. The van der Waals surface area contributed by atoms with Gasteiger partial charge < -0.3 is 10.1 Å². The molecule has 0 radical (unpaired) electrons. The number of hydrogen-bond acceptors (Lipinski definition) is 3. The maximum absolute atomic E-state index is 6.29. The summed E-state index contributed by atoms with van der Waals surface area (Å²) < 4.78 is 7.49. The molecule has 1 aliphatic heterocycles. The van der Waals surface area contributed by atoms with E-state index in [9.17, 15) is 0 Å². The lowest BCUT2D eigenvalue weighted by Crippen LogP contribution is -2.38. The van der Waals surface area contributed by atoms with Crippen molar-refractivity contribution in [2.45, 2.75) is 64.7 Å². The van der Waals surface area contributed by atoms with E-state index in [4.69, 9.17) is 4.74 Å². The molecule has 20 heavy (non-hydrogen) atoms. The maximum Gasteiger partial charge on any atom is 0.0701 e. The fourth-order valence-corrected chi connectivity index (χ4v) is 4.61. The van der Waals surface area contributed by atoms with Gasteiger partial charge in [0.1, 0.15) is 0 Å². The van der Waals surface area contributed by atoms with Gasteiger partial charge in [-0.2, -0.15) is 0 Å². The van der Waals surface area contributed by atoms with E-state index in [1.807, 2.05) is 0 Å². The second-order valence-electron chi connectivity index (χ2n) is 6.89. The van der Waals surface area contributed by atoms with Crippen LogP contribution < -0.4 is 5.32 Å². The lowest BCUT2D eigenvalue weighted by atomic mass is 9.79. The van der Waals surface area contributed by atoms with Gasteiger partial charge >= 0.3 is 0 Å². The molecule has 2 rings (SSSR count). The van der Waals surface area contributed by atoms with Crippen LogP contribution in [0.15, 0.2) is 15.2 Å². The molecule has 1 aromatic heterocycles. The topological polar surface area (TPSA) is 21.3 Å².